The van der Waals surface area contributed by atoms with Crippen LogP contribution < -0.4 is 5.73 Å². The van der Waals surface area contributed by atoms with Crippen molar-refractivity contribution < 1.29 is 5.11 Å². The van der Waals surface area contributed by atoms with Crippen LogP contribution in [0.1, 0.15) is 13.8 Å². The molecule has 1 heterocycles. The second kappa shape index (κ2) is 5.26. The third kappa shape index (κ3) is 3.59. The van der Waals surface area contributed by atoms with Crippen molar-refractivity contribution in [2.75, 3.05) is 11.5 Å². The Labute approximate surface area is 88.5 Å². The summed E-state index contributed by atoms with van der Waals surface area (Å²) in [6.45, 7) is 4.66. The van der Waals surface area contributed by atoms with Gasteiger partial charge in [-0.25, -0.2) is 0 Å². The molecule has 3 N–H and O–H groups in total. The fraction of sp³-hybridized carbons (Fsp3) is 0.667. The lowest BCUT2D eigenvalue weighted by Gasteiger charge is -2.13. The Bertz CT molecular complexity index is 275. The summed E-state index contributed by atoms with van der Waals surface area (Å²) in [6, 6.07) is 0. The molecule has 0 bridgehead atoms. The highest BCUT2D eigenvalue weighted by Gasteiger charge is 2.08. The highest BCUT2D eigenvalue weighted by atomic mass is 32.2. The van der Waals surface area contributed by atoms with E-state index in [0.717, 1.165) is 12.3 Å². The Morgan fingerprint density at radius 2 is 2.36 bits per heavy atom. The van der Waals surface area contributed by atoms with Crippen molar-refractivity contribution in [3.05, 3.63) is 12.4 Å². The van der Waals surface area contributed by atoms with Crippen molar-refractivity contribution in [2.24, 2.45) is 0 Å². The second-order valence-electron chi connectivity index (χ2n) is 3.35. The Morgan fingerprint density at radius 3 is 2.86 bits per heavy atom. The topological polar surface area (TPSA) is 64.1 Å². The third-order valence-corrected chi connectivity index (χ3v) is 3.37. The molecule has 0 saturated heterocycles. The van der Waals surface area contributed by atoms with Gasteiger partial charge in [-0.1, -0.05) is 6.92 Å². The van der Waals surface area contributed by atoms with Gasteiger partial charge in [0.05, 0.1) is 24.5 Å². The molecule has 0 aliphatic heterocycles. The average molecular weight is 215 g/mol. The van der Waals surface area contributed by atoms with E-state index in [1.807, 2.05) is 24.7 Å². The molecule has 0 amide bonds. The molecule has 0 spiro atoms. The number of aliphatic hydroxyl groups excluding tert-OH is 1. The van der Waals surface area contributed by atoms with E-state index >= 15 is 0 Å². The van der Waals surface area contributed by atoms with Crippen molar-refractivity contribution >= 4 is 17.4 Å². The van der Waals surface area contributed by atoms with Crippen LogP contribution in [0.2, 0.25) is 0 Å². The first-order valence-electron chi connectivity index (χ1n) is 4.67. The summed E-state index contributed by atoms with van der Waals surface area (Å²) < 4.78 is 1.82. The molecular weight excluding hydrogens is 198 g/mol. The van der Waals surface area contributed by atoms with Gasteiger partial charge in [0, 0.05) is 17.2 Å². The van der Waals surface area contributed by atoms with Gasteiger partial charge in [-0.2, -0.15) is 16.9 Å². The summed E-state index contributed by atoms with van der Waals surface area (Å²) in [5.41, 5.74) is 6.22. The number of nitrogens with zero attached hydrogens (tertiary/aromatic N) is 2. The average Bonchev–Trinajstić information content (AvgIpc) is 2.51. The minimum Gasteiger partial charge on any atom is -0.396 e. The minimum atomic E-state index is -0.261. The van der Waals surface area contributed by atoms with Crippen LogP contribution in [0, 0.1) is 0 Å². The maximum atomic E-state index is 9.26. The molecule has 0 aliphatic rings. The summed E-state index contributed by atoms with van der Waals surface area (Å²) in [7, 11) is 0. The zero-order chi connectivity index (χ0) is 10.6. The Hall–Kier alpha value is -0.680. The first-order valence-corrected chi connectivity index (χ1v) is 5.72. The number of aromatic nitrogens is 2. The quantitative estimate of drug-likeness (QED) is 0.768. The Morgan fingerprint density at radius 1 is 1.64 bits per heavy atom. The molecule has 1 aromatic rings. The number of nitrogen functional groups attached to an aromatic ring is 1. The standard InChI is InChI=1S/C9H17N3OS/c1-7(13)8(2)14-4-3-12-6-9(10)5-11-12/h5-8,13H,3-4,10H2,1-2H3. The Balaban J connectivity index is 2.22. The number of nitrogens with two attached hydrogens (primary N) is 1. The lowest BCUT2D eigenvalue weighted by atomic mass is 10.3. The van der Waals surface area contributed by atoms with Crippen LogP contribution >= 0.6 is 11.8 Å². The molecule has 5 heteroatoms. The van der Waals surface area contributed by atoms with E-state index < -0.39 is 0 Å². The Kier molecular flexibility index (Phi) is 4.28. The molecule has 0 aliphatic carbocycles. The number of aryl methyl sites for hydroxylation is 1. The molecule has 0 saturated carbocycles. The largest absolute Gasteiger partial charge is 0.396 e. The van der Waals surface area contributed by atoms with Crippen LogP contribution in [-0.2, 0) is 6.54 Å². The summed E-state index contributed by atoms with van der Waals surface area (Å²) in [6.07, 6.45) is 3.19. The van der Waals surface area contributed by atoms with Gasteiger partial charge in [0.15, 0.2) is 0 Å². The maximum absolute atomic E-state index is 9.26. The lowest BCUT2D eigenvalue weighted by molar-refractivity contribution is 0.196. The monoisotopic (exact) mass is 215 g/mol. The number of hydrogen-bond donors (Lipinski definition) is 2. The van der Waals surface area contributed by atoms with E-state index in [1.54, 1.807) is 18.0 Å². The van der Waals surface area contributed by atoms with Gasteiger partial charge < -0.3 is 10.8 Å². The van der Waals surface area contributed by atoms with Crippen molar-refractivity contribution in [1.29, 1.82) is 0 Å². The molecular formula is C9H17N3OS. The maximum Gasteiger partial charge on any atom is 0.0719 e. The van der Waals surface area contributed by atoms with Crippen molar-refractivity contribution in [2.45, 2.75) is 31.7 Å². The number of aliphatic hydroxyl groups is 1. The zero-order valence-electron chi connectivity index (χ0n) is 8.55. The van der Waals surface area contributed by atoms with E-state index in [4.69, 9.17) is 5.73 Å². The van der Waals surface area contributed by atoms with Crippen LogP contribution in [0.4, 0.5) is 5.69 Å². The van der Waals surface area contributed by atoms with E-state index in [1.165, 1.54) is 0 Å². The van der Waals surface area contributed by atoms with Crippen molar-refractivity contribution in [3.63, 3.8) is 0 Å². The van der Waals surface area contributed by atoms with Gasteiger partial charge in [-0.3, -0.25) is 4.68 Å². The van der Waals surface area contributed by atoms with E-state index in [9.17, 15) is 5.11 Å². The van der Waals surface area contributed by atoms with Crippen LogP contribution in [-0.4, -0.2) is 32.0 Å². The summed E-state index contributed by atoms with van der Waals surface area (Å²) in [5.74, 6) is 0.938. The molecule has 80 valence electrons. The van der Waals surface area contributed by atoms with Gasteiger partial charge in [0.1, 0.15) is 0 Å². The predicted octanol–water partition coefficient (Wildman–Crippen LogP) is 0.968. The van der Waals surface area contributed by atoms with Gasteiger partial charge in [-0.15, -0.1) is 0 Å². The van der Waals surface area contributed by atoms with Crippen LogP contribution in [0.25, 0.3) is 0 Å². The van der Waals surface area contributed by atoms with Gasteiger partial charge >= 0.3 is 0 Å². The van der Waals surface area contributed by atoms with Gasteiger partial charge in [-0.05, 0) is 6.92 Å². The molecule has 1 aromatic heterocycles. The first kappa shape index (κ1) is 11.4. The molecule has 14 heavy (non-hydrogen) atoms. The number of anilines is 1. The molecule has 4 nitrogen and oxygen atoms in total. The smallest absolute Gasteiger partial charge is 0.0719 e. The molecule has 0 radical (unpaired) electrons. The molecule has 1 rings (SSSR count). The van der Waals surface area contributed by atoms with Gasteiger partial charge in [0.25, 0.3) is 0 Å². The van der Waals surface area contributed by atoms with Crippen LogP contribution in [0.15, 0.2) is 12.4 Å². The molecule has 2 unspecified atom stereocenters. The molecule has 0 aromatic carbocycles. The minimum absolute atomic E-state index is 0.261. The van der Waals surface area contributed by atoms with Crippen molar-refractivity contribution in [3.8, 4) is 0 Å². The third-order valence-electron chi connectivity index (χ3n) is 2.03. The highest BCUT2D eigenvalue weighted by Crippen LogP contribution is 2.14. The lowest BCUT2D eigenvalue weighted by Crippen LogP contribution is -2.16. The summed E-state index contributed by atoms with van der Waals surface area (Å²) in [5, 5.41) is 13.6. The zero-order valence-corrected chi connectivity index (χ0v) is 9.37. The summed E-state index contributed by atoms with van der Waals surface area (Å²) >= 11 is 1.74. The number of hydrogen-bond acceptors (Lipinski definition) is 4. The molecule has 2 atom stereocenters. The van der Waals surface area contributed by atoms with Gasteiger partial charge in [0.2, 0.25) is 0 Å². The van der Waals surface area contributed by atoms with E-state index in [0.29, 0.717) is 5.69 Å². The first-order chi connectivity index (χ1) is 6.59. The summed E-state index contributed by atoms with van der Waals surface area (Å²) in [4.78, 5) is 0. The van der Waals surface area contributed by atoms with Crippen LogP contribution in [0.3, 0.4) is 0 Å². The predicted molar refractivity (Wildman–Crippen MR) is 60.2 cm³/mol. The van der Waals surface area contributed by atoms with E-state index in [-0.39, 0.29) is 11.4 Å². The fourth-order valence-electron chi connectivity index (χ4n) is 0.973. The molecule has 0 fully saturated rings. The SMILES string of the molecule is CC(O)C(C)SCCn1cc(N)cn1. The highest BCUT2D eigenvalue weighted by molar-refractivity contribution is 7.99. The number of thioether (sulfide) groups is 1. The van der Waals surface area contributed by atoms with Crippen molar-refractivity contribution in [1.82, 2.24) is 9.78 Å². The fourth-order valence-corrected chi connectivity index (χ4v) is 1.92. The van der Waals surface area contributed by atoms with Crippen LogP contribution in [0.5, 0.6) is 0 Å². The number of rotatable bonds is 5. The second-order valence-corrected chi connectivity index (χ2v) is 4.84. The van der Waals surface area contributed by atoms with E-state index in [2.05, 4.69) is 5.10 Å². The normalized spacial score (nSPS) is 15.4.